The third kappa shape index (κ3) is 3.95. The molecule has 4 aromatic rings. The Kier molecular flexibility index (Phi) is 5.50. The number of aromatic nitrogens is 6. The Morgan fingerprint density at radius 1 is 1.18 bits per heavy atom. The van der Waals surface area contributed by atoms with Gasteiger partial charge in [-0.25, -0.2) is 14.2 Å². The van der Waals surface area contributed by atoms with Crippen molar-refractivity contribution >= 4 is 5.52 Å². The van der Waals surface area contributed by atoms with E-state index >= 15 is 0 Å². The molecule has 2 atom stereocenters. The SMILES string of the molecule is CC1CN(Cc2cccc(-n3cccn3)c2)CC1c1nn2c(C3CCOCC3)ncc2c(=O)[nH]1. The molecule has 2 aliphatic rings. The van der Waals surface area contributed by atoms with E-state index in [1.54, 1.807) is 16.9 Å². The standard InChI is InChI=1S/C25H29N7O2/c1-17-14-30(15-18-4-2-5-20(12-18)31-9-3-8-27-31)16-21(17)23-28-25(33)22-13-26-24(32(22)29-23)19-6-10-34-11-7-19/h2-5,8-9,12-13,17,19,21H,6-7,10-11,14-16H2,1H3,(H,28,29,33). The van der Waals surface area contributed by atoms with Crippen molar-refractivity contribution in [3.8, 4) is 5.69 Å². The Balaban J connectivity index is 1.24. The van der Waals surface area contributed by atoms with Gasteiger partial charge in [0, 0.05) is 57.1 Å². The predicted octanol–water partition coefficient (Wildman–Crippen LogP) is 2.73. The lowest BCUT2D eigenvalue weighted by Gasteiger charge is -2.21. The highest BCUT2D eigenvalue weighted by atomic mass is 16.5. The number of nitrogens with one attached hydrogen (secondary N) is 1. The van der Waals surface area contributed by atoms with Crippen LogP contribution in [-0.4, -0.2) is 60.6 Å². The van der Waals surface area contributed by atoms with Crippen molar-refractivity contribution in [1.29, 1.82) is 0 Å². The van der Waals surface area contributed by atoms with E-state index in [4.69, 9.17) is 9.84 Å². The van der Waals surface area contributed by atoms with Gasteiger partial charge in [0.1, 0.15) is 11.6 Å². The minimum absolute atomic E-state index is 0.117. The van der Waals surface area contributed by atoms with Gasteiger partial charge >= 0.3 is 0 Å². The summed E-state index contributed by atoms with van der Waals surface area (Å²) >= 11 is 0. The molecule has 0 bridgehead atoms. The molecule has 34 heavy (non-hydrogen) atoms. The van der Waals surface area contributed by atoms with Gasteiger partial charge in [-0.3, -0.25) is 9.69 Å². The van der Waals surface area contributed by atoms with Gasteiger partial charge in [0.25, 0.3) is 5.56 Å². The number of fused-ring (bicyclic) bond motifs is 1. The van der Waals surface area contributed by atoms with Crippen LogP contribution >= 0.6 is 0 Å². The zero-order valence-corrected chi connectivity index (χ0v) is 19.3. The maximum absolute atomic E-state index is 12.9. The van der Waals surface area contributed by atoms with Crippen molar-refractivity contribution in [2.75, 3.05) is 26.3 Å². The van der Waals surface area contributed by atoms with Crippen LogP contribution in [0, 0.1) is 5.92 Å². The molecule has 2 fully saturated rings. The van der Waals surface area contributed by atoms with Crippen molar-refractivity contribution in [2.24, 2.45) is 5.92 Å². The number of H-pyrrole nitrogens is 1. The van der Waals surface area contributed by atoms with Gasteiger partial charge < -0.3 is 9.72 Å². The highest BCUT2D eigenvalue weighted by Crippen LogP contribution is 2.32. The maximum Gasteiger partial charge on any atom is 0.276 e. The summed E-state index contributed by atoms with van der Waals surface area (Å²) in [5, 5.41) is 9.25. The fraction of sp³-hybridized carbons (Fsp3) is 0.440. The number of ether oxygens (including phenoxy) is 1. The molecule has 9 heteroatoms. The number of rotatable bonds is 5. The molecular weight excluding hydrogens is 430 g/mol. The zero-order valence-electron chi connectivity index (χ0n) is 19.3. The molecule has 1 N–H and O–H groups in total. The summed E-state index contributed by atoms with van der Waals surface area (Å²) in [5.74, 6) is 2.45. The first-order chi connectivity index (χ1) is 16.7. The topological polar surface area (TPSA) is 93.3 Å². The lowest BCUT2D eigenvalue weighted by molar-refractivity contribution is 0.0832. The summed E-state index contributed by atoms with van der Waals surface area (Å²) in [4.78, 5) is 23.0. The number of benzene rings is 1. The van der Waals surface area contributed by atoms with E-state index in [1.165, 1.54) is 5.56 Å². The van der Waals surface area contributed by atoms with E-state index in [2.05, 4.69) is 51.2 Å². The normalized spacial score (nSPS) is 22.0. The van der Waals surface area contributed by atoms with Gasteiger partial charge in [0.05, 0.1) is 11.9 Å². The van der Waals surface area contributed by atoms with E-state index in [-0.39, 0.29) is 17.4 Å². The monoisotopic (exact) mass is 459 g/mol. The van der Waals surface area contributed by atoms with Gasteiger partial charge in [-0.1, -0.05) is 19.1 Å². The second kappa shape index (κ2) is 8.81. The maximum atomic E-state index is 12.9. The quantitative estimate of drug-likeness (QED) is 0.493. The predicted molar refractivity (Wildman–Crippen MR) is 127 cm³/mol. The molecule has 0 saturated carbocycles. The molecule has 176 valence electrons. The highest BCUT2D eigenvalue weighted by Gasteiger charge is 2.33. The van der Waals surface area contributed by atoms with Gasteiger partial charge in [-0.05, 0) is 42.5 Å². The fourth-order valence-electron chi connectivity index (χ4n) is 5.36. The molecule has 0 spiro atoms. The summed E-state index contributed by atoms with van der Waals surface area (Å²) in [5.41, 5.74) is 2.70. The minimum Gasteiger partial charge on any atom is -0.381 e. The molecule has 0 aliphatic carbocycles. The van der Waals surface area contributed by atoms with Gasteiger partial charge in [0.15, 0.2) is 5.52 Å². The third-order valence-electron chi connectivity index (χ3n) is 7.16. The Hall–Kier alpha value is -3.30. The number of hydrogen-bond donors (Lipinski definition) is 1. The van der Waals surface area contributed by atoms with Crippen LogP contribution in [0.15, 0.2) is 53.7 Å². The van der Waals surface area contributed by atoms with Crippen LogP contribution < -0.4 is 5.56 Å². The summed E-state index contributed by atoms with van der Waals surface area (Å²) in [6, 6.07) is 10.4. The van der Waals surface area contributed by atoms with Gasteiger partial charge in [-0.2, -0.15) is 10.2 Å². The van der Waals surface area contributed by atoms with E-state index in [0.717, 1.165) is 63.0 Å². The smallest absolute Gasteiger partial charge is 0.276 e. The number of imidazole rings is 1. The van der Waals surface area contributed by atoms with Gasteiger partial charge in [-0.15, -0.1) is 0 Å². The molecule has 2 unspecified atom stereocenters. The summed E-state index contributed by atoms with van der Waals surface area (Å²) in [6.45, 7) is 6.35. The molecule has 9 nitrogen and oxygen atoms in total. The van der Waals surface area contributed by atoms with Crippen LogP contribution in [0.4, 0.5) is 0 Å². The molecule has 3 aromatic heterocycles. The first kappa shape index (κ1) is 21.2. The third-order valence-corrected chi connectivity index (χ3v) is 7.16. The summed E-state index contributed by atoms with van der Waals surface area (Å²) < 4.78 is 9.17. The average molecular weight is 460 g/mol. The number of nitrogens with zero attached hydrogens (tertiary/aromatic N) is 6. The number of likely N-dealkylation sites (tertiary alicyclic amines) is 1. The lowest BCUT2D eigenvalue weighted by atomic mass is 9.97. The number of hydrogen-bond acceptors (Lipinski definition) is 6. The lowest BCUT2D eigenvalue weighted by Crippen LogP contribution is -2.24. The molecule has 0 amide bonds. The van der Waals surface area contributed by atoms with E-state index in [9.17, 15) is 4.79 Å². The van der Waals surface area contributed by atoms with Crippen LogP contribution in [0.1, 0.15) is 48.8 Å². The van der Waals surface area contributed by atoms with Crippen molar-refractivity contribution < 1.29 is 4.74 Å². The molecule has 5 heterocycles. The first-order valence-corrected chi connectivity index (χ1v) is 12.0. The summed E-state index contributed by atoms with van der Waals surface area (Å²) in [6.07, 6.45) is 7.22. The van der Waals surface area contributed by atoms with Crippen molar-refractivity contribution in [3.05, 3.63) is 76.5 Å². The second-order valence-corrected chi connectivity index (χ2v) is 9.54. The Labute approximate surface area is 197 Å². The van der Waals surface area contributed by atoms with E-state index in [1.807, 2.05) is 16.9 Å². The highest BCUT2D eigenvalue weighted by molar-refractivity contribution is 5.42. The van der Waals surface area contributed by atoms with Crippen molar-refractivity contribution in [1.82, 2.24) is 34.3 Å². The van der Waals surface area contributed by atoms with Crippen molar-refractivity contribution in [2.45, 2.75) is 38.1 Å². The molecule has 2 aliphatic heterocycles. The molecule has 2 saturated heterocycles. The Morgan fingerprint density at radius 2 is 2.06 bits per heavy atom. The van der Waals surface area contributed by atoms with Gasteiger partial charge in [0.2, 0.25) is 0 Å². The van der Waals surface area contributed by atoms with Crippen LogP contribution in [0.25, 0.3) is 11.2 Å². The molecule has 6 rings (SSSR count). The zero-order chi connectivity index (χ0) is 23.1. The second-order valence-electron chi connectivity index (χ2n) is 9.54. The average Bonchev–Trinajstić information content (AvgIpc) is 3.60. The fourth-order valence-corrected chi connectivity index (χ4v) is 5.36. The molecule has 0 radical (unpaired) electrons. The number of aromatic amines is 1. The van der Waals surface area contributed by atoms with Crippen molar-refractivity contribution in [3.63, 3.8) is 0 Å². The van der Waals surface area contributed by atoms with Crippen LogP contribution in [0.5, 0.6) is 0 Å². The Bertz CT molecular complexity index is 1340. The van der Waals surface area contributed by atoms with E-state index in [0.29, 0.717) is 11.4 Å². The minimum atomic E-state index is -0.117. The van der Waals surface area contributed by atoms with Crippen LogP contribution in [0.2, 0.25) is 0 Å². The Morgan fingerprint density at radius 3 is 2.88 bits per heavy atom. The molecule has 1 aromatic carbocycles. The summed E-state index contributed by atoms with van der Waals surface area (Å²) in [7, 11) is 0. The first-order valence-electron chi connectivity index (χ1n) is 12.0. The van der Waals surface area contributed by atoms with Crippen LogP contribution in [0.3, 0.4) is 0 Å². The largest absolute Gasteiger partial charge is 0.381 e. The molecular formula is C25H29N7O2. The van der Waals surface area contributed by atoms with E-state index < -0.39 is 0 Å². The van der Waals surface area contributed by atoms with Crippen LogP contribution in [-0.2, 0) is 11.3 Å².